The van der Waals surface area contributed by atoms with Crippen LogP contribution < -0.4 is 9.47 Å². The average molecular weight is 502 g/mol. The van der Waals surface area contributed by atoms with Crippen LogP contribution in [0.1, 0.15) is 84.2 Å². The van der Waals surface area contributed by atoms with Crippen LogP contribution in [0.25, 0.3) is 0 Å². The first-order chi connectivity index (χ1) is 18.0. The van der Waals surface area contributed by atoms with Crippen molar-refractivity contribution in [3.8, 4) is 11.5 Å². The highest BCUT2D eigenvalue weighted by atomic mass is 16.5. The lowest BCUT2D eigenvalue weighted by atomic mass is 10.1. The molecule has 0 bridgehead atoms. The standard InChI is InChI=1S/C31H39N3O3/c1-22-18-23(2)34(32-22)21-24-10-13-26(14-11-24)31(35)33(27-15-16-27)20-25-12-17-29(36-3)30(19-25)37-28-8-6-4-5-7-9-28/h10-14,17-19,27-28H,4-9,15-16,20-21H2,1-3H3. The van der Waals surface area contributed by atoms with E-state index in [1.54, 1.807) is 7.11 Å². The molecule has 37 heavy (non-hydrogen) atoms. The number of amides is 1. The van der Waals surface area contributed by atoms with E-state index in [0.29, 0.717) is 19.1 Å². The summed E-state index contributed by atoms with van der Waals surface area (Å²) in [6.07, 6.45) is 9.56. The number of benzene rings is 2. The Kier molecular flexibility index (Phi) is 7.82. The number of rotatable bonds is 9. The number of nitrogens with zero attached hydrogens (tertiary/aromatic N) is 3. The number of carbonyl (C=O) groups is 1. The van der Waals surface area contributed by atoms with Crippen LogP contribution in [0.2, 0.25) is 0 Å². The molecule has 196 valence electrons. The zero-order valence-corrected chi connectivity index (χ0v) is 22.4. The van der Waals surface area contributed by atoms with Gasteiger partial charge in [-0.05, 0) is 93.8 Å². The third-order valence-corrected chi connectivity index (χ3v) is 7.56. The first kappa shape index (κ1) is 25.4. The highest BCUT2D eigenvalue weighted by Crippen LogP contribution is 2.34. The van der Waals surface area contributed by atoms with Crippen molar-refractivity contribution in [2.24, 2.45) is 0 Å². The van der Waals surface area contributed by atoms with Crippen molar-refractivity contribution < 1.29 is 14.3 Å². The average Bonchev–Trinajstić information content (AvgIpc) is 3.72. The van der Waals surface area contributed by atoms with Gasteiger partial charge in [-0.2, -0.15) is 5.10 Å². The summed E-state index contributed by atoms with van der Waals surface area (Å²) < 4.78 is 14.0. The van der Waals surface area contributed by atoms with Gasteiger partial charge >= 0.3 is 0 Å². The van der Waals surface area contributed by atoms with Crippen molar-refractivity contribution in [3.63, 3.8) is 0 Å². The summed E-state index contributed by atoms with van der Waals surface area (Å²) in [6.45, 7) is 5.35. The fourth-order valence-electron chi connectivity index (χ4n) is 5.33. The monoisotopic (exact) mass is 501 g/mol. The Bertz CT molecular complexity index is 1200. The minimum atomic E-state index is 0.0854. The second kappa shape index (κ2) is 11.4. The van der Waals surface area contributed by atoms with E-state index in [1.165, 1.54) is 25.7 Å². The zero-order valence-electron chi connectivity index (χ0n) is 22.4. The molecule has 0 atom stereocenters. The maximum Gasteiger partial charge on any atom is 0.254 e. The molecular weight excluding hydrogens is 462 g/mol. The van der Waals surface area contributed by atoms with Crippen molar-refractivity contribution in [2.45, 2.75) is 90.4 Å². The molecule has 6 heteroatoms. The van der Waals surface area contributed by atoms with Crippen LogP contribution in [-0.4, -0.2) is 39.8 Å². The Morgan fingerprint density at radius 1 is 0.919 bits per heavy atom. The van der Waals surface area contributed by atoms with Gasteiger partial charge < -0.3 is 14.4 Å². The van der Waals surface area contributed by atoms with E-state index in [-0.39, 0.29) is 12.0 Å². The summed E-state index contributed by atoms with van der Waals surface area (Å²) in [5, 5.41) is 4.55. The van der Waals surface area contributed by atoms with Gasteiger partial charge in [0.2, 0.25) is 0 Å². The van der Waals surface area contributed by atoms with Crippen LogP contribution in [0.3, 0.4) is 0 Å². The highest BCUT2D eigenvalue weighted by Gasteiger charge is 2.33. The Morgan fingerprint density at radius 2 is 1.62 bits per heavy atom. The molecule has 0 N–H and O–H groups in total. The van der Waals surface area contributed by atoms with E-state index in [0.717, 1.165) is 65.3 Å². The smallest absolute Gasteiger partial charge is 0.254 e. The van der Waals surface area contributed by atoms with Gasteiger partial charge in [0.25, 0.3) is 5.91 Å². The SMILES string of the molecule is COc1ccc(CN(C(=O)c2ccc(Cn3nc(C)cc3C)cc2)C2CC2)cc1OC1CCCCCC1. The van der Waals surface area contributed by atoms with Crippen LogP contribution in [0, 0.1) is 13.8 Å². The number of aryl methyl sites for hydroxylation is 2. The predicted octanol–water partition coefficient (Wildman–Crippen LogP) is 6.46. The molecule has 0 radical (unpaired) electrons. The lowest BCUT2D eigenvalue weighted by Gasteiger charge is -2.24. The van der Waals surface area contributed by atoms with Crippen molar-refractivity contribution in [2.75, 3.05) is 7.11 Å². The minimum absolute atomic E-state index is 0.0854. The topological polar surface area (TPSA) is 56.6 Å². The Hall–Kier alpha value is -3.28. The van der Waals surface area contributed by atoms with Crippen molar-refractivity contribution in [1.82, 2.24) is 14.7 Å². The first-order valence-corrected chi connectivity index (χ1v) is 13.7. The van der Waals surface area contributed by atoms with Crippen LogP contribution in [0.15, 0.2) is 48.5 Å². The molecule has 3 aromatic rings. The van der Waals surface area contributed by atoms with Gasteiger partial charge in [-0.15, -0.1) is 0 Å². The molecule has 1 amide bonds. The van der Waals surface area contributed by atoms with Crippen molar-refractivity contribution in [1.29, 1.82) is 0 Å². The largest absolute Gasteiger partial charge is 0.493 e. The molecule has 1 aromatic heterocycles. The highest BCUT2D eigenvalue weighted by molar-refractivity contribution is 5.94. The van der Waals surface area contributed by atoms with Crippen LogP contribution in [0.5, 0.6) is 11.5 Å². The van der Waals surface area contributed by atoms with Gasteiger partial charge in [0.15, 0.2) is 11.5 Å². The Morgan fingerprint density at radius 3 is 2.24 bits per heavy atom. The maximum absolute atomic E-state index is 13.6. The van der Waals surface area contributed by atoms with Crippen LogP contribution >= 0.6 is 0 Å². The summed E-state index contributed by atoms with van der Waals surface area (Å²) in [6, 6.07) is 16.5. The van der Waals surface area contributed by atoms with Crippen molar-refractivity contribution in [3.05, 3.63) is 76.6 Å². The fourth-order valence-corrected chi connectivity index (χ4v) is 5.33. The number of carbonyl (C=O) groups excluding carboxylic acids is 1. The van der Waals surface area contributed by atoms with E-state index in [9.17, 15) is 4.79 Å². The van der Waals surface area contributed by atoms with Gasteiger partial charge in [-0.3, -0.25) is 9.48 Å². The molecule has 2 aliphatic rings. The first-order valence-electron chi connectivity index (χ1n) is 13.7. The number of hydrogen-bond acceptors (Lipinski definition) is 4. The summed E-state index contributed by atoms with van der Waals surface area (Å²) in [5.74, 6) is 1.64. The molecule has 2 aromatic carbocycles. The summed E-state index contributed by atoms with van der Waals surface area (Å²) >= 11 is 0. The summed E-state index contributed by atoms with van der Waals surface area (Å²) in [5.41, 5.74) is 5.10. The lowest BCUT2D eigenvalue weighted by molar-refractivity contribution is 0.0729. The number of ether oxygens (including phenoxy) is 2. The van der Waals surface area contributed by atoms with E-state index >= 15 is 0 Å². The Balaban J connectivity index is 1.29. The number of aromatic nitrogens is 2. The molecule has 0 saturated heterocycles. The lowest BCUT2D eigenvalue weighted by Crippen LogP contribution is -2.32. The van der Waals surface area contributed by atoms with E-state index in [4.69, 9.17) is 9.47 Å². The summed E-state index contributed by atoms with van der Waals surface area (Å²) in [4.78, 5) is 15.6. The summed E-state index contributed by atoms with van der Waals surface area (Å²) in [7, 11) is 1.69. The van der Waals surface area contributed by atoms with Gasteiger partial charge in [0.05, 0.1) is 25.5 Å². The van der Waals surface area contributed by atoms with Gasteiger partial charge in [-0.25, -0.2) is 0 Å². The maximum atomic E-state index is 13.6. The fraction of sp³-hybridized carbons (Fsp3) is 0.484. The molecule has 0 spiro atoms. The van der Waals surface area contributed by atoms with E-state index in [1.807, 2.05) is 46.8 Å². The van der Waals surface area contributed by atoms with Gasteiger partial charge in [0, 0.05) is 23.8 Å². The Labute approximate surface area is 220 Å². The van der Waals surface area contributed by atoms with Gasteiger partial charge in [-0.1, -0.05) is 31.0 Å². The van der Waals surface area contributed by atoms with Crippen molar-refractivity contribution >= 4 is 5.91 Å². The molecule has 0 aliphatic heterocycles. The molecule has 1 heterocycles. The number of methoxy groups -OCH3 is 1. The van der Waals surface area contributed by atoms with Gasteiger partial charge in [0.1, 0.15) is 0 Å². The molecule has 5 rings (SSSR count). The quantitative estimate of drug-likeness (QED) is 0.316. The van der Waals surface area contributed by atoms with E-state index < -0.39 is 0 Å². The number of hydrogen-bond donors (Lipinski definition) is 0. The van der Waals surface area contributed by atoms with E-state index in [2.05, 4.69) is 30.2 Å². The molecule has 2 aliphatic carbocycles. The molecule has 0 unspecified atom stereocenters. The predicted molar refractivity (Wildman–Crippen MR) is 145 cm³/mol. The van der Waals surface area contributed by atoms with Crippen LogP contribution in [0.4, 0.5) is 0 Å². The van der Waals surface area contributed by atoms with Crippen LogP contribution in [-0.2, 0) is 13.1 Å². The third-order valence-electron chi connectivity index (χ3n) is 7.56. The second-order valence-electron chi connectivity index (χ2n) is 10.7. The molecule has 2 fully saturated rings. The third kappa shape index (κ3) is 6.35. The molecular formula is C31H39N3O3. The molecule has 2 saturated carbocycles. The second-order valence-corrected chi connectivity index (χ2v) is 10.7. The minimum Gasteiger partial charge on any atom is -0.493 e. The zero-order chi connectivity index (χ0) is 25.8. The normalized spacial score (nSPS) is 16.3. The molecule has 6 nitrogen and oxygen atoms in total.